The summed E-state index contributed by atoms with van der Waals surface area (Å²) in [6.07, 6.45) is 2.50. The van der Waals surface area contributed by atoms with E-state index < -0.39 is 0 Å². The summed E-state index contributed by atoms with van der Waals surface area (Å²) in [5.41, 5.74) is 1.27. The van der Waals surface area contributed by atoms with Crippen LogP contribution in [0.3, 0.4) is 0 Å². The predicted octanol–water partition coefficient (Wildman–Crippen LogP) is 2.94. The number of ether oxygens (including phenoxy) is 2. The molecule has 116 valence electrons. The van der Waals surface area contributed by atoms with Gasteiger partial charge >= 0.3 is 0 Å². The first-order valence-corrected chi connectivity index (χ1v) is 7.59. The van der Waals surface area contributed by atoms with E-state index in [1.165, 1.54) is 0 Å². The van der Waals surface area contributed by atoms with E-state index in [1.54, 1.807) is 0 Å². The van der Waals surface area contributed by atoms with Crippen molar-refractivity contribution in [2.75, 3.05) is 19.8 Å². The maximum atomic E-state index is 11.9. The molecule has 0 aromatic heterocycles. The van der Waals surface area contributed by atoms with E-state index in [0.717, 1.165) is 36.4 Å². The second-order valence-electron chi connectivity index (χ2n) is 6.67. The molecule has 1 aliphatic rings. The molecule has 1 aromatic rings. The van der Waals surface area contributed by atoms with E-state index in [0.29, 0.717) is 25.0 Å². The van der Waals surface area contributed by atoms with Gasteiger partial charge in [0.1, 0.15) is 13.2 Å². The van der Waals surface area contributed by atoms with E-state index >= 15 is 0 Å². The van der Waals surface area contributed by atoms with Gasteiger partial charge in [0.15, 0.2) is 11.5 Å². The van der Waals surface area contributed by atoms with E-state index in [1.807, 2.05) is 18.2 Å². The first-order chi connectivity index (χ1) is 9.94. The Balaban J connectivity index is 1.77. The van der Waals surface area contributed by atoms with Gasteiger partial charge in [0.05, 0.1) is 6.42 Å². The minimum atomic E-state index is 0.0561. The predicted molar refractivity (Wildman–Crippen MR) is 82.8 cm³/mol. The Morgan fingerprint density at radius 3 is 2.62 bits per heavy atom. The lowest BCUT2D eigenvalue weighted by Crippen LogP contribution is -2.27. The van der Waals surface area contributed by atoms with Crippen LogP contribution in [-0.4, -0.2) is 25.7 Å². The van der Waals surface area contributed by atoms with Gasteiger partial charge in [0.25, 0.3) is 0 Å². The third-order valence-corrected chi connectivity index (χ3v) is 3.40. The fourth-order valence-electron chi connectivity index (χ4n) is 2.29. The highest BCUT2D eigenvalue weighted by Crippen LogP contribution is 2.30. The molecule has 0 fully saturated rings. The monoisotopic (exact) mass is 291 g/mol. The van der Waals surface area contributed by atoms with Crippen molar-refractivity contribution < 1.29 is 14.3 Å². The van der Waals surface area contributed by atoms with Crippen LogP contribution in [0.25, 0.3) is 0 Å². The zero-order chi connectivity index (χ0) is 15.3. The number of rotatable bonds is 5. The van der Waals surface area contributed by atoms with Gasteiger partial charge in [0, 0.05) is 6.54 Å². The number of amides is 1. The third kappa shape index (κ3) is 5.29. The van der Waals surface area contributed by atoms with Gasteiger partial charge < -0.3 is 14.8 Å². The van der Waals surface area contributed by atoms with Gasteiger partial charge in [-0.3, -0.25) is 4.79 Å². The topological polar surface area (TPSA) is 47.6 Å². The van der Waals surface area contributed by atoms with Gasteiger partial charge in [-0.2, -0.15) is 0 Å². The molecule has 0 saturated carbocycles. The molecule has 0 saturated heterocycles. The van der Waals surface area contributed by atoms with E-state index in [2.05, 4.69) is 26.1 Å². The van der Waals surface area contributed by atoms with Crippen molar-refractivity contribution in [1.82, 2.24) is 5.32 Å². The third-order valence-electron chi connectivity index (χ3n) is 3.40. The van der Waals surface area contributed by atoms with Crippen LogP contribution >= 0.6 is 0 Å². The maximum Gasteiger partial charge on any atom is 0.224 e. The summed E-state index contributed by atoms with van der Waals surface area (Å²) in [4.78, 5) is 11.9. The molecule has 1 heterocycles. The molecule has 0 spiro atoms. The summed E-state index contributed by atoms with van der Waals surface area (Å²) in [6.45, 7) is 8.52. The molecule has 21 heavy (non-hydrogen) atoms. The van der Waals surface area contributed by atoms with Crippen molar-refractivity contribution in [1.29, 1.82) is 0 Å². The molecule has 0 atom stereocenters. The standard InChI is InChI=1S/C17H25NO3/c1-17(2,3)7-4-8-18-16(19)12-13-5-6-14-15(11-13)21-10-9-20-14/h5-6,11H,4,7-10,12H2,1-3H3,(H,18,19). The fraction of sp³-hybridized carbons (Fsp3) is 0.588. The highest BCUT2D eigenvalue weighted by molar-refractivity contribution is 5.78. The van der Waals surface area contributed by atoms with Crippen molar-refractivity contribution >= 4 is 5.91 Å². The minimum absolute atomic E-state index is 0.0561. The molecule has 1 amide bonds. The van der Waals surface area contributed by atoms with Crippen molar-refractivity contribution in [2.24, 2.45) is 5.41 Å². The minimum Gasteiger partial charge on any atom is -0.486 e. The molecule has 0 radical (unpaired) electrons. The summed E-state index contributed by atoms with van der Waals surface area (Å²) in [5, 5.41) is 2.97. The normalized spacial score (nSPS) is 13.9. The molecule has 4 nitrogen and oxygen atoms in total. The molecule has 0 aliphatic carbocycles. The number of benzene rings is 1. The second kappa shape index (κ2) is 6.83. The summed E-state index contributed by atoms with van der Waals surface area (Å²) >= 11 is 0. The largest absolute Gasteiger partial charge is 0.486 e. The molecular formula is C17H25NO3. The van der Waals surface area contributed by atoms with Crippen LogP contribution in [0.15, 0.2) is 18.2 Å². The molecule has 1 aromatic carbocycles. The van der Waals surface area contributed by atoms with Crippen LogP contribution in [-0.2, 0) is 11.2 Å². The van der Waals surface area contributed by atoms with Crippen LogP contribution in [0.1, 0.15) is 39.2 Å². The van der Waals surface area contributed by atoms with Crippen LogP contribution in [0, 0.1) is 5.41 Å². The second-order valence-corrected chi connectivity index (χ2v) is 6.67. The van der Waals surface area contributed by atoms with E-state index in [9.17, 15) is 4.79 Å². The van der Waals surface area contributed by atoms with Gasteiger partial charge in [-0.05, 0) is 36.0 Å². The number of hydrogen-bond donors (Lipinski definition) is 1. The highest BCUT2D eigenvalue weighted by Gasteiger charge is 2.13. The Morgan fingerprint density at radius 1 is 1.19 bits per heavy atom. The smallest absolute Gasteiger partial charge is 0.224 e. The average molecular weight is 291 g/mol. The highest BCUT2D eigenvalue weighted by atomic mass is 16.6. The maximum absolute atomic E-state index is 11.9. The molecule has 2 rings (SSSR count). The van der Waals surface area contributed by atoms with E-state index in [4.69, 9.17) is 9.47 Å². The molecule has 1 N–H and O–H groups in total. The van der Waals surface area contributed by atoms with Crippen LogP contribution in [0.4, 0.5) is 0 Å². The van der Waals surface area contributed by atoms with Crippen molar-refractivity contribution in [2.45, 2.75) is 40.0 Å². The number of hydrogen-bond acceptors (Lipinski definition) is 3. The number of nitrogens with one attached hydrogen (secondary N) is 1. The van der Waals surface area contributed by atoms with E-state index in [-0.39, 0.29) is 5.91 Å². The van der Waals surface area contributed by atoms with Gasteiger partial charge in [-0.15, -0.1) is 0 Å². The molecule has 4 heteroatoms. The zero-order valence-electron chi connectivity index (χ0n) is 13.2. The lowest BCUT2D eigenvalue weighted by molar-refractivity contribution is -0.120. The SMILES string of the molecule is CC(C)(C)CCCNC(=O)Cc1ccc2c(c1)OCCO2. The Morgan fingerprint density at radius 2 is 1.90 bits per heavy atom. The Hall–Kier alpha value is -1.71. The molecule has 0 unspecified atom stereocenters. The Kier molecular flexibility index (Phi) is 5.10. The van der Waals surface area contributed by atoms with Gasteiger partial charge in [0.2, 0.25) is 5.91 Å². The summed E-state index contributed by atoms with van der Waals surface area (Å²) < 4.78 is 11.0. The zero-order valence-corrected chi connectivity index (χ0v) is 13.2. The fourth-order valence-corrected chi connectivity index (χ4v) is 2.29. The summed E-state index contributed by atoms with van der Waals surface area (Å²) in [6, 6.07) is 5.68. The Labute approximate surface area is 126 Å². The first-order valence-electron chi connectivity index (χ1n) is 7.59. The van der Waals surface area contributed by atoms with Gasteiger partial charge in [-0.25, -0.2) is 0 Å². The Bertz CT molecular complexity index is 491. The quantitative estimate of drug-likeness (QED) is 0.849. The first kappa shape index (κ1) is 15.7. The summed E-state index contributed by atoms with van der Waals surface area (Å²) in [5.74, 6) is 1.55. The number of carbonyl (C=O) groups is 1. The van der Waals surface area contributed by atoms with Crippen molar-refractivity contribution in [3.8, 4) is 11.5 Å². The lowest BCUT2D eigenvalue weighted by Gasteiger charge is -2.19. The van der Waals surface area contributed by atoms with Gasteiger partial charge in [-0.1, -0.05) is 26.8 Å². The molecule has 0 bridgehead atoms. The van der Waals surface area contributed by atoms with Crippen molar-refractivity contribution in [3.05, 3.63) is 23.8 Å². The molecular weight excluding hydrogens is 266 g/mol. The average Bonchev–Trinajstić information content (AvgIpc) is 2.42. The van der Waals surface area contributed by atoms with Crippen LogP contribution in [0.2, 0.25) is 0 Å². The van der Waals surface area contributed by atoms with Crippen LogP contribution in [0.5, 0.6) is 11.5 Å². The number of carbonyl (C=O) groups excluding carboxylic acids is 1. The molecule has 1 aliphatic heterocycles. The summed E-state index contributed by atoms with van der Waals surface area (Å²) in [7, 11) is 0. The lowest BCUT2D eigenvalue weighted by atomic mass is 9.91. The van der Waals surface area contributed by atoms with Crippen LogP contribution < -0.4 is 14.8 Å². The number of fused-ring (bicyclic) bond motifs is 1. The van der Waals surface area contributed by atoms with Crippen molar-refractivity contribution in [3.63, 3.8) is 0 Å².